The molecule has 2 heterocycles. The molecule has 1 saturated carbocycles. The molecule has 3 amide bonds. The van der Waals surface area contributed by atoms with Gasteiger partial charge in [0.15, 0.2) is 5.76 Å². The lowest BCUT2D eigenvalue weighted by Gasteiger charge is -2.07. The second kappa shape index (κ2) is 7.69. The topological polar surface area (TPSA) is 100 Å². The normalized spacial score (nSPS) is 13.0. The maximum atomic E-state index is 12.5. The molecule has 1 fully saturated rings. The van der Waals surface area contributed by atoms with E-state index in [9.17, 15) is 14.4 Å². The lowest BCUT2D eigenvalue weighted by Crippen LogP contribution is -2.25. The van der Waals surface area contributed by atoms with Crippen LogP contribution in [0.5, 0.6) is 0 Å². The summed E-state index contributed by atoms with van der Waals surface area (Å²) in [5.74, 6) is -0.644. The Morgan fingerprint density at radius 3 is 2.54 bits per heavy atom. The zero-order valence-electron chi connectivity index (χ0n) is 14.7. The van der Waals surface area contributed by atoms with Crippen molar-refractivity contribution in [2.75, 3.05) is 10.6 Å². The Hall–Kier alpha value is -3.39. The van der Waals surface area contributed by atoms with Gasteiger partial charge in [0.2, 0.25) is 0 Å². The third-order valence-electron chi connectivity index (χ3n) is 4.11. The Morgan fingerprint density at radius 1 is 0.929 bits per heavy atom. The third-order valence-corrected chi connectivity index (χ3v) is 5.11. The van der Waals surface area contributed by atoms with Crippen molar-refractivity contribution >= 4 is 39.7 Å². The lowest BCUT2D eigenvalue weighted by atomic mass is 10.2. The first-order chi connectivity index (χ1) is 13.6. The quantitative estimate of drug-likeness (QED) is 0.592. The summed E-state index contributed by atoms with van der Waals surface area (Å²) in [6, 6.07) is 13.5. The van der Waals surface area contributed by atoms with Crippen LogP contribution >= 0.6 is 11.3 Å². The molecule has 0 radical (unpaired) electrons. The van der Waals surface area contributed by atoms with E-state index in [0.717, 1.165) is 24.2 Å². The summed E-state index contributed by atoms with van der Waals surface area (Å²) in [7, 11) is 0. The van der Waals surface area contributed by atoms with Gasteiger partial charge in [0.1, 0.15) is 0 Å². The third kappa shape index (κ3) is 4.29. The molecule has 142 valence electrons. The van der Waals surface area contributed by atoms with Crippen LogP contribution in [-0.2, 0) is 0 Å². The van der Waals surface area contributed by atoms with Gasteiger partial charge in [0, 0.05) is 17.3 Å². The van der Waals surface area contributed by atoms with Crippen molar-refractivity contribution in [3.8, 4) is 0 Å². The molecule has 0 bridgehead atoms. The van der Waals surface area contributed by atoms with Crippen LogP contribution < -0.4 is 16.0 Å². The Bertz CT molecular complexity index is 1020. The summed E-state index contributed by atoms with van der Waals surface area (Å²) in [6.07, 6.45) is 3.44. The molecule has 0 unspecified atom stereocenters. The average Bonchev–Trinajstić information content (AvgIpc) is 3.15. The number of carbonyl (C=O) groups excluding carboxylic acids is 3. The van der Waals surface area contributed by atoms with Gasteiger partial charge in [-0.2, -0.15) is 0 Å². The van der Waals surface area contributed by atoms with Crippen molar-refractivity contribution in [2.45, 2.75) is 18.9 Å². The Labute approximate surface area is 164 Å². The van der Waals surface area contributed by atoms with E-state index in [1.807, 2.05) is 0 Å². The smallest absolute Gasteiger partial charge is 0.291 e. The highest BCUT2D eigenvalue weighted by Gasteiger charge is 2.24. The minimum absolute atomic E-state index is 0.141. The highest BCUT2D eigenvalue weighted by atomic mass is 32.1. The lowest BCUT2D eigenvalue weighted by molar-refractivity contribution is 0.0948. The maximum absolute atomic E-state index is 12.5. The summed E-state index contributed by atoms with van der Waals surface area (Å²) < 4.78 is 5.04. The van der Waals surface area contributed by atoms with Gasteiger partial charge < -0.3 is 20.4 Å². The molecular formula is C20H17N3O4S. The van der Waals surface area contributed by atoms with Crippen LogP contribution in [0.3, 0.4) is 0 Å². The number of thiophene rings is 1. The van der Waals surface area contributed by atoms with Gasteiger partial charge in [-0.1, -0.05) is 6.07 Å². The monoisotopic (exact) mass is 395 g/mol. The number of nitrogens with one attached hydrogen (secondary N) is 3. The summed E-state index contributed by atoms with van der Waals surface area (Å²) in [4.78, 5) is 37.0. The molecular weight excluding hydrogens is 378 g/mol. The standard InChI is InChI=1S/C20H17N3O4S/c24-18(21-13-6-7-13)12-3-1-4-14(11-12)22-20(26)16-8-9-17(28-16)23-19(25)15-5-2-10-27-15/h1-5,8-11,13H,6-7H2,(H,21,24)(H,22,26)(H,23,25). The Balaban J connectivity index is 1.39. The highest BCUT2D eigenvalue weighted by Crippen LogP contribution is 2.24. The molecule has 8 heteroatoms. The average molecular weight is 395 g/mol. The highest BCUT2D eigenvalue weighted by molar-refractivity contribution is 7.18. The van der Waals surface area contributed by atoms with Crippen LogP contribution in [0, 0.1) is 0 Å². The number of rotatable bonds is 6. The molecule has 1 aliphatic rings. The van der Waals surface area contributed by atoms with Crippen molar-refractivity contribution in [3.63, 3.8) is 0 Å². The second-order valence-electron chi connectivity index (χ2n) is 6.38. The maximum Gasteiger partial charge on any atom is 0.291 e. The van der Waals surface area contributed by atoms with E-state index in [2.05, 4.69) is 16.0 Å². The number of anilines is 2. The van der Waals surface area contributed by atoms with Gasteiger partial charge in [-0.3, -0.25) is 14.4 Å². The summed E-state index contributed by atoms with van der Waals surface area (Å²) in [5, 5.41) is 8.91. The zero-order chi connectivity index (χ0) is 19.5. The summed E-state index contributed by atoms with van der Waals surface area (Å²) in [6.45, 7) is 0. The molecule has 1 aromatic carbocycles. The van der Waals surface area contributed by atoms with Crippen molar-refractivity contribution in [1.29, 1.82) is 0 Å². The second-order valence-corrected chi connectivity index (χ2v) is 7.46. The predicted molar refractivity (Wildman–Crippen MR) is 106 cm³/mol. The summed E-state index contributed by atoms with van der Waals surface area (Å²) in [5.41, 5.74) is 1.03. The molecule has 7 nitrogen and oxygen atoms in total. The van der Waals surface area contributed by atoms with Gasteiger partial charge in [-0.05, 0) is 55.3 Å². The van der Waals surface area contributed by atoms with E-state index in [1.54, 1.807) is 48.5 Å². The SMILES string of the molecule is O=C(NC1CC1)c1cccc(NC(=O)c2ccc(NC(=O)c3ccco3)s2)c1. The van der Waals surface area contributed by atoms with Gasteiger partial charge in [0.05, 0.1) is 16.1 Å². The van der Waals surface area contributed by atoms with E-state index in [-0.39, 0.29) is 29.5 Å². The minimum atomic E-state index is -0.381. The zero-order valence-corrected chi connectivity index (χ0v) is 15.5. The van der Waals surface area contributed by atoms with Crippen LogP contribution in [0.4, 0.5) is 10.7 Å². The molecule has 0 aliphatic heterocycles. The number of carbonyl (C=O) groups is 3. The first kappa shape index (κ1) is 18.0. The molecule has 1 aliphatic carbocycles. The number of hydrogen-bond acceptors (Lipinski definition) is 5. The van der Waals surface area contributed by atoms with Crippen LogP contribution in [0.25, 0.3) is 0 Å². The number of benzene rings is 1. The molecule has 2 aromatic heterocycles. The Kier molecular flexibility index (Phi) is 4.94. The predicted octanol–water partition coefficient (Wildman–Crippen LogP) is 3.74. The molecule has 3 aromatic rings. The molecule has 0 spiro atoms. The van der Waals surface area contributed by atoms with E-state index in [0.29, 0.717) is 21.1 Å². The molecule has 3 N–H and O–H groups in total. The number of furan rings is 1. The van der Waals surface area contributed by atoms with Gasteiger partial charge >= 0.3 is 0 Å². The van der Waals surface area contributed by atoms with Gasteiger partial charge in [0.25, 0.3) is 17.7 Å². The largest absolute Gasteiger partial charge is 0.459 e. The van der Waals surface area contributed by atoms with Gasteiger partial charge in [-0.15, -0.1) is 11.3 Å². The molecule has 4 rings (SSSR count). The van der Waals surface area contributed by atoms with Crippen molar-refractivity contribution in [2.24, 2.45) is 0 Å². The first-order valence-corrected chi connectivity index (χ1v) is 9.57. The van der Waals surface area contributed by atoms with E-state index < -0.39 is 0 Å². The van der Waals surface area contributed by atoms with Gasteiger partial charge in [-0.25, -0.2) is 0 Å². The minimum Gasteiger partial charge on any atom is -0.459 e. The van der Waals surface area contributed by atoms with E-state index in [1.165, 1.54) is 6.26 Å². The summed E-state index contributed by atoms with van der Waals surface area (Å²) >= 11 is 1.15. The van der Waals surface area contributed by atoms with Crippen molar-refractivity contribution in [1.82, 2.24) is 5.32 Å². The molecule has 28 heavy (non-hydrogen) atoms. The Morgan fingerprint density at radius 2 is 1.79 bits per heavy atom. The number of amides is 3. The fourth-order valence-corrected chi connectivity index (χ4v) is 3.33. The molecule has 0 saturated heterocycles. The van der Waals surface area contributed by atoms with Crippen molar-refractivity contribution < 1.29 is 18.8 Å². The molecule has 0 atom stereocenters. The number of hydrogen-bond donors (Lipinski definition) is 3. The first-order valence-electron chi connectivity index (χ1n) is 8.75. The van der Waals surface area contributed by atoms with Crippen LogP contribution in [-0.4, -0.2) is 23.8 Å². The van der Waals surface area contributed by atoms with Crippen LogP contribution in [0.1, 0.15) is 43.4 Å². The fraction of sp³-hybridized carbons (Fsp3) is 0.150. The van der Waals surface area contributed by atoms with Crippen LogP contribution in [0.2, 0.25) is 0 Å². The van der Waals surface area contributed by atoms with Crippen molar-refractivity contribution in [3.05, 3.63) is 71.0 Å². The fourth-order valence-electron chi connectivity index (χ4n) is 2.54. The van der Waals surface area contributed by atoms with E-state index in [4.69, 9.17) is 4.42 Å². The van der Waals surface area contributed by atoms with Crippen LogP contribution in [0.15, 0.2) is 59.2 Å². The van der Waals surface area contributed by atoms with E-state index >= 15 is 0 Å².